The maximum Gasteiger partial charge on any atom is 0.303 e. The van der Waals surface area contributed by atoms with E-state index in [0.29, 0.717) is 49.6 Å². The average Bonchev–Trinajstić information content (AvgIpc) is 3.08. The van der Waals surface area contributed by atoms with Crippen molar-refractivity contribution in [3.05, 3.63) is 0 Å². The number of thiol groups is 1. The summed E-state index contributed by atoms with van der Waals surface area (Å²) in [4.78, 5) is 66.5. The van der Waals surface area contributed by atoms with Crippen LogP contribution in [0.1, 0.15) is 128 Å². The lowest BCUT2D eigenvalue weighted by molar-refractivity contribution is -0.138. The number of aliphatic carboxylic acids is 3. The third-order valence-electron chi connectivity index (χ3n) is 7.66. The zero-order valence-corrected chi connectivity index (χ0v) is 32.7. The monoisotopic (exact) mass is 783 g/mol. The summed E-state index contributed by atoms with van der Waals surface area (Å²) in [6.07, 6.45) is 15.3. The fraction of sp³-hybridized carbons (Fsp3) is 0.824. The summed E-state index contributed by atoms with van der Waals surface area (Å²) in [7, 11) is 2.89. The van der Waals surface area contributed by atoms with Crippen LogP contribution in [0.15, 0.2) is 0 Å². The van der Waals surface area contributed by atoms with Gasteiger partial charge in [0.2, 0.25) is 11.8 Å². The Balaban J connectivity index is 0. The van der Waals surface area contributed by atoms with Crippen LogP contribution in [-0.2, 0) is 28.8 Å². The van der Waals surface area contributed by atoms with E-state index in [1.807, 2.05) is 0 Å². The molecule has 0 heterocycles. The van der Waals surface area contributed by atoms with Crippen molar-refractivity contribution in [2.75, 3.05) is 30.3 Å². The molecule has 17 heteroatoms. The quantitative estimate of drug-likeness (QED) is 0.0253. The second-order valence-corrected chi connectivity index (χ2v) is 15.4. The van der Waals surface area contributed by atoms with E-state index < -0.39 is 36.0 Å². The predicted molar refractivity (Wildman–Crippen MR) is 209 cm³/mol. The van der Waals surface area contributed by atoms with Gasteiger partial charge in [0, 0.05) is 56.0 Å². The van der Waals surface area contributed by atoms with E-state index in [9.17, 15) is 28.8 Å². The largest absolute Gasteiger partial charge is 0.481 e. The number of unbranched alkanes of at least 4 members (excludes halogenated alkanes) is 13. The number of hydrogen-bond donors (Lipinski definition) is 9. The number of carboxylic acids is 3. The van der Waals surface area contributed by atoms with Crippen molar-refractivity contribution >= 4 is 69.7 Å². The van der Waals surface area contributed by atoms with Crippen LogP contribution in [0.5, 0.6) is 0 Å². The normalized spacial score (nSPS) is 12.5. The Morgan fingerprint density at radius 1 is 0.471 bits per heavy atom. The first-order valence-electron chi connectivity index (χ1n) is 18.2. The fourth-order valence-corrected chi connectivity index (χ4v) is 6.96. The summed E-state index contributed by atoms with van der Waals surface area (Å²) in [6.45, 7) is 1.18. The number of rotatable bonds is 34. The third-order valence-corrected chi connectivity index (χ3v) is 10.5. The van der Waals surface area contributed by atoms with Gasteiger partial charge in [-0.05, 0) is 38.5 Å². The van der Waals surface area contributed by atoms with Crippen molar-refractivity contribution in [1.29, 1.82) is 0 Å². The molecular weight excluding hydrogens is 719 g/mol. The molecule has 0 aromatic heterocycles. The molecule has 11 N–H and O–H groups in total. The fourth-order valence-electron chi connectivity index (χ4n) is 4.51. The lowest BCUT2D eigenvalue weighted by Gasteiger charge is -2.13. The van der Waals surface area contributed by atoms with E-state index in [1.165, 1.54) is 21.6 Å². The number of carbonyl (C=O) groups is 6. The van der Waals surface area contributed by atoms with Crippen LogP contribution in [-0.4, -0.2) is 99.3 Å². The summed E-state index contributed by atoms with van der Waals surface area (Å²) in [5.74, 6) is -1.30. The lowest BCUT2D eigenvalue weighted by atomic mass is 10.0. The van der Waals surface area contributed by atoms with Crippen molar-refractivity contribution in [2.24, 2.45) is 17.2 Å². The van der Waals surface area contributed by atoms with Crippen LogP contribution in [0.25, 0.3) is 0 Å². The van der Waals surface area contributed by atoms with Gasteiger partial charge in [0.1, 0.15) is 5.78 Å². The molecule has 2 amide bonds. The van der Waals surface area contributed by atoms with Crippen molar-refractivity contribution < 1.29 is 44.1 Å². The number of Topliss-reactive ketones (excluding diaryl/α,β-unsaturated/α-hetero) is 1. The van der Waals surface area contributed by atoms with E-state index in [-0.39, 0.29) is 36.9 Å². The molecule has 0 aromatic rings. The molecule has 0 saturated carbocycles. The van der Waals surface area contributed by atoms with Crippen molar-refractivity contribution in [1.82, 2.24) is 10.6 Å². The van der Waals surface area contributed by atoms with Gasteiger partial charge in [-0.25, -0.2) is 0 Å². The zero-order valence-electron chi connectivity index (χ0n) is 30.2. The molecular formula is C34H65N5O9S3. The molecule has 0 saturated heterocycles. The lowest BCUT2D eigenvalue weighted by Crippen LogP contribution is -2.42. The second kappa shape index (κ2) is 36.3. The molecule has 51 heavy (non-hydrogen) atoms. The van der Waals surface area contributed by atoms with Gasteiger partial charge < -0.3 is 43.2 Å². The van der Waals surface area contributed by atoms with E-state index in [2.05, 4.69) is 23.3 Å². The Kier molecular flexibility index (Phi) is 36.4. The summed E-state index contributed by atoms with van der Waals surface area (Å²) in [6, 6.07) is -1.67. The molecule has 0 radical (unpaired) electrons. The van der Waals surface area contributed by atoms with Crippen LogP contribution in [0.3, 0.4) is 0 Å². The van der Waals surface area contributed by atoms with Crippen LogP contribution >= 0.6 is 34.2 Å². The van der Waals surface area contributed by atoms with Gasteiger partial charge >= 0.3 is 17.9 Å². The molecule has 0 aliphatic carbocycles. The van der Waals surface area contributed by atoms with Gasteiger partial charge in [0.25, 0.3) is 0 Å². The summed E-state index contributed by atoms with van der Waals surface area (Å²) in [5, 5.41) is 31.1. The van der Waals surface area contributed by atoms with Crippen LogP contribution < -0.4 is 27.8 Å². The van der Waals surface area contributed by atoms with Gasteiger partial charge in [-0.3, -0.25) is 28.8 Å². The minimum atomic E-state index is -0.763. The number of carboxylic acid groups (broad SMARTS) is 3. The molecule has 14 nitrogen and oxygen atoms in total. The molecule has 0 bridgehead atoms. The van der Waals surface area contributed by atoms with Crippen LogP contribution in [0.2, 0.25) is 0 Å². The summed E-state index contributed by atoms with van der Waals surface area (Å²) in [5.41, 5.74) is 17.4. The average molecular weight is 784 g/mol. The molecule has 0 aliphatic heterocycles. The molecule has 298 valence electrons. The number of carbonyl (C=O) groups excluding carboxylic acids is 3. The van der Waals surface area contributed by atoms with Gasteiger partial charge in [0.05, 0.1) is 18.1 Å². The van der Waals surface area contributed by atoms with Gasteiger partial charge in [-0.2, -0.15) is 12.6 Å². The first-order valence-corrected chi connectivity index (χ1v) is 21.3. The maximum atomic E-state index is 12.1. The topological polar surface area (TPSA) is 265 Å². The number of nitrogens with two attached hydrogens (primary N) is 3. The Hall–Kier alpha value is -2.05. The van der Waals surface area contributed by atoms with Crippen molar-refractivity contribution in [3.63, 3.8) is 0 Å². The van der Waals surface area contributed by atoms with E-state index >= 15 is 0 Å². The smallest absolute Gasteiger partial charge is 0.303 e. The number of nitrogens with one attached hydrogen (secondary N) is 2. The Bertz CT molecular complexity index is 916. The number of hydrogen-bond acceptors (Lipinski definition) is 12. The maximum absolute atomic E-state index is 12.1. The molecule has 0 rings (SSSR count). The Morgan fingerprint density at radius 3 is 1.16 bits per heavy atom. The van der Waals surface area contributed by atoms with Crippen LogP contribution in [0.4, 0.5) is 0 Å². The first-order chi connectivity index (χ1) is 24.3. The van der Waals surface area contributed by atoms with Gasteiger partial charge in [-0.1, -0.05) is 85.8 Å². The number of amides is 2. The molecule has 0 fully saturated rings. The Labute approximate surface area is 317 Å². The van der Waals surface area contributed by atoms with E-state index in [1.54, 1.807) is 0 Å². The van der Waals surface area contributed by atoms with E-state index in [0.717, 1.165) is 89.9 Å². The highest BCUT2D eigenvalue weighted by molar-refractivity contribution is 8.76. The molecule has 3 atom stereocenters. The molecule has 0 aromatic carbocycles. The molecule has 3 unspecified atom stereocenters. The Morgan fingerprint density at radius 2 is 0.784 bits per heavy atom. The van der Waals surface area contributed by atoms with E-state index in [4.69, 9.17) is 32.5 Å². The minimum Gasteiger partial charge on any atom is -0.481 e. The molecule has 0 aliphatic rings. The van der Waals surface area contributed by atoms with Gasteiger partial charge in [0.15, 0.2) is 0 Å². The third kappa shape index (κ3) is 37.5. The highest BCUT2D eigenvalue weighted by atomic mass is 33.1. The second-order valence-electron chi connectivity index (χ2n) is 12.5. The van der Waals surface area contributed by atoms with Gasteiger partial charge in [-0.15, -0.1) is 0 Å². The highest BCUT2D eigenvalue weighted by Gasteiger charge is 2.16. The SMILES string of the molecule is NC(CS)C(=O)NCCCCCCCC(=O)O.NC(CSSCC(N)C(=O)NCCCCCCCC(=O)O)C(=O)CCCCCCCCC(=O)O. The van der Waals surface area contributed by atoms with Crippen molar-refractivity contribution in [2.45, 2.75) is 147 Å². The highest BCUT2D eigenvalue weighted by Crippen LogP contribution is 2.23. The van der Waals surface area contributed by atoms with Crippen molar-refractivity contribution in [3.8, 4) is 0 Å². The summed E-state index contributed by atoms with van der Waals surface area (Å²) >= 11 is 3.94. The summed E-state index contributed by atoms with van der Waals surface area (Å²) < 4.78 is 0. The first kappa shape index (κ1) is 51.1. The van der Waals surface area contributed by atoms with Crippen LogP contribution in [0, 0.1) is 0 Å². The standard InChI is InChI=1S/C23H43N3O6S2.C11H22N2O3S/c24-18(20(27)12-8-4-1-2-5-9-13-21(28)29)16-33-34-17-19(25)23(32)26-15-11-7-3-6-10-14-22(30)31;12-9(8-17)11(16)13-7-5-3-1-2-4-6-10(14)15/h18-19H,1-17,24-25H2,(H,26,32)(H,28,29)(H,30,31);9,17H,1-8,12H2,(H,13,16)(H,14,15). The number of ketones is 1. The zero-order chi connectivity index (χ0) is 38.7. The molecule has 0 spiro atoms. The minimum absolute atomic E-state index is 0.0454. The predicted octanol–water partition coefficient (Wildman–Crippen LogP) is 4.12.